The van der Waals surface area contributed by atoms with Crippen molar-refractivity contribution >= 4 is 46.6 Å². The van der Waals surface area contributed by atoms with Gasteiger partial charge in [-0.1, -0.05) is 48.5 Å². The van der Waals surface area contributed by atoms with E-state index < -0.39 is 35.0 Å². The zero-order chi connectivity index (χ0) is 29.9. The maximum atomic E-state index is 14.0. The van der Waals surface area contributed by atoms with Crippen molar-refractivity contribution in [3.8, 4) is 0 Å². The van der Waals surface area contributed by atoms with Gasteiger partial charge in [0.05, 0.1) is 22.2 Å². The Morgan fingerprint density at radius 3 is 1.93 bits per heavy atom. The number of carbonyl (C=O) groups is 4. The molecule has 1 N–H and O–H groups in total. The average Bonchev–Trinajstić information content (AvgIpc) is 3.16. The smallest absolute Gasteiger partial charge is 0.412 e. The second kappa shape index (κ2) is 11.3. The normalized spacial score (nSPS) is 14.2. The van der Waals surface area contributed by atoms with Gasteiger partial charge in [0.1, 0.15) is 5.60 Å². The topological polar surface area (TPSA) is 111 Å². The van der Waals surface area contributed by atoms with Gasteiger partial charge in [0.25, 0.3) is 5.91 Å². The first kappa shape index (κ1) is 29.1. The van der Waals surface area contributed by atoms with Crippen molar-refractivity contribution in [2.24, 2.45) is 5.41 Å². The van der Waals surface area contributed by atoms with Gasteiger partial charge in [0.2, 0.25) is 0 Å². The maximum Gasteiger partial charge on any atom is 0.412 e. The van der Waals surface area contributed by atoms with E-state index in [1.165, 1.54) is 6.07 Å². The summed E-state index contributed by atoms with van der Waals surface area (Å²) in [6.07, 6.45) is -0.697. The molecule has 0 unspecified atom stereocenters. The van der Waals surface area contributed by atoms with Gasteiger partial charge in [0, 0.05) is 16.8 Å². The number of hydrogen-bond donors (Lipinski definition) is 1. The van der Waals surface area contributed by atoms with Gasteiger partial charge in [-0.2, -0.15) is 0 Å². The van der Waals surface area contributed by atoms with Crippen LogP contribution in [0.3, 0.4) is 0 Å². The second-order valence-electron chi connectivity index (χ2n) is 11.4. The van der Waals surface area contributed by atoms with Crippen LogP contribution in [0, 0.1) is 5.41 Å². The molecule has 9 heteroatoms. The van der Waals surface area contributed by atoms with Crippen LogP contribution in [0.15, 0.2) is 78.9 Å². The highest BCUT2D eigenvalue weighted by Crippen LogP contribution is 2.43. The van der Waals surface area contributed by atoms with Crippen molar-refractivity contribution < 1.29 is 33.5 Å². The summed E-state index contributed by atoms with van der Waals surface area (Å²) in [5.41, 5.74) is -0.0692. The number of carbonyl (C=O) groups excluding carboxylic acids is 4. The molecule has 0 aliphatic carbocycles. The molecule has 0 fully saturated rings. The Hall–Kier alpha value is -4.92. The number of fused-ring (bicyclic) bond motifs is 1. The number of rotatable bonds is 5. The molecule has 0 atom stereocenters. The molecule has 1 aliphatic heterocycles. The van der Waals surface area contributed by atoms with Crippen molar-refractivity contribution in [3.05, 3.63) is 95.6 Å². The number of esters is 1. The number of ether oxygens (including phenoxy) is 2. The van der Waals surface area contributed by atoms with Crippen LogP contribution in [0.25, 0.3) is 11.3 Å². The Morgan fingerprint density at radius 2 is 1.37 bits per heavy atom. The third kappa shape index (κ3) is 6.81. The quantitative estimate of drug-likeness (QED) is 0.214. The van der Waals surface area contributed by atoms with Crippen LogP contribution >= 0.6 is 0 Å². The first-order valence-corrected chi connectivity index (χ1v) is 13.0. The highest BCUT2D eigenvalue weighted by Gasteiger charge is 2.41. The third-order valence-electron chi connectivity index (χ3n) is 5.78. The minimum atomic E-state index is -0.929. The molecule has 1 heterocycles. The maximum absolute atomic E-state index is 14.0. The fraction of sp³-hybridized carbons (Fsp3) is 0.250. The van der Waals surface area contributed by atoms with E-state index in [1.54, 1.807) is 114 Å². The van der Waals surface area contributed by atoms with Crippen LogP contribution in [0.2, 0.25) is 0 Å². The van der Waals surface area contributed by atoms with Crippen LogP contribution in [0.4, 0.5) is 16.2 Å². The van der Waals surface area contributed by atoms with E-state index in [9.17, 15) is 19.2 Å². The Labute approximate surface area is 238 Å². The molecule has 3 aromatic carbocycles. The molecule has 0 saturated carbocycles. The summed E-state index contributed by atoms with van der Waals surface area (Å²) in [5.74, 6) is -2.05. The molecule has 1 aliphatic rings. The van der Waals surface area contributed by atoms with Gasteiger partial charge in [0.15, 0.2) is 5.76 Å². The molecular formula is C32H32N2O7. The van der Waals surface area contributed by atoms with E-state index in [0.717, 1.165) is 5.06 Å². The highest BCUT2D eigenvalue weighted by atomic mass is 16.7. The monoisotopic (exact) mass is 556 g/mol. The predicted molar refractivity (Wildman–Crippen MR) is 154 cm³/mol. The number of benzene rings is 3. The summed E-state index contributed by atoms with van der Waals surface area (Å²) in [6, 6.07) is 21.7. The van der Waals surface area contributed by atoms with Gasteiger partial charge in [-0.25, -0.2) is 14.4 Å². The summed E-state index contributed by atoms with van der Waals surface area (Å²) < 4.78 is 11.2. The summed E-state index contributed by atoms with van der Waals surface area (Å²) in [4.78, 5) is 58.0. The van der Waals surface area contributed by atoms with Gasteiger partial charge >= 0.3 is 18.0 Å². The van der Waals surface area contributed by atoms with Crippen LogP contribution in [-0.2, 0) is 23.9 Å². The van der Waals surface area contributed by atoms with E-state index in [2.05, 4.69) is 5.32 Å². The summed E-state index contributed by atoms with van der Waals surface area (Å²) in [5, 5.41) is 3.49. The number of nitrogens with zero attached hydrogens (tertiary/aromatic N) is 1. The molecule has 0 radical (unpaired) electrons. The van der Waals surface area contributed by atoms with Crippen LogP contribution in [-0.4, -0.2) is 29.5 Å². The van der Waals surface area contributed by atoms with Crippen molar-refractivity contribution in [1.29, 1.82) is 0 Å². The summed E-state index contributed by atoms with van der Waals surface area (Å²) >= 11 is 0. The van der Waals surface area contributed by atoms with Crippen molar-refractivity contribution in [3.63, 3.8) is 0 Å². The van der Waals surface area contributed by atoms with E-state index >= 15 is 0 Å². The van der Waals surface area contributed by atoms with Gasteiger partial charge in [-0.15, -0.1) is 5.06 Å². The summed E-state index contributed by atoms with van der Waals surface area (Å²) in [6.45, 7) is 10.2. The molecule has 0 bridgehead atoms. The lowest BCUT2D eigenvalue weighted by molar-refractivity contribution is -0.157. The highest BCUT2D eigenvalue weighted by molar-refractivity contribution is 6.37. The molecule has 0 spiro atoms. The lowest BCUT2D eigenvalue weighted by Crippen LogP contribution is -2.35. The summed E-state index contributed by atoms with van der Waals surface area (Å²) in [7, 11) is 0. The van der Waals surface area contributed by atoms with Crippen molar-refractivity contribution in [2.75, 3.05) is 10.4 Å². The molecule has 4 rings (SSSR count). The lowest BCUT2D eigenvalue weighted by Gasteiger charge is -2.22. The van der Waals surface area contributed by atoms with Crippen LogP contribution in [0.1, 0.15) is 63.0 Å². The third-order valence-corrected chi connectivity index (χ3v) is 5.78. The Balaban J connectivity index is 1.85. The van der Waals surface area contributed by atoms with E-state index in [1.807, 2.05) is 0 Å². The number of amides is 2. The fourth-order valence-electron chi connectivity index (χ4n) is 3.84. The van der Waals surface area contributed by atoms with E-state index in [4.69, 9.17) is 14.3 Å². The molecule has 212 valence electrons. The number of hydrogen-bond acceptors (Lipinski definition) is 7. The lowest BCUT2D eigenvalue weighted by atomic mass is 9.98. The fourth-order valence-corrected chi connectivity index (χ4v) is 3.84. The Bertz CT molecular complexity index is 1520. The zero-order valence-electron chi connectivity index (χ0n) is 23.8. The molecule has 2 amide bonds. The van der Waals surface area contributed by atoms with Gasteiger partial charge < -0.3 is 14.3 Å². The first-order valence-electron chi connectivity index (χ1n) is 13.0. The molecule has 0 aromatic heterocycles. The number of hydroxylamine groups is 1. The molecule has 0 saturated heterocycles. The Kier molecular flexibility index (Phi) is 8.00. The second-order valence-corrected chi connectivity index (χ2v) is 11.4. The minimum Gasteiger partial charge on any atom is -0.444 e. The van der Waals surface area contributed by atoms with Crippen LogP contribution in [0.5, 0.6) is 0 Å². The Morgan fingerprint density at radius 1 is 0.780 bits per heavy atom. The number of anilines is 2. The SMILES string of the molecule is CC(C)(C)OC(=O)Nc1ccc2c(c1)N(OC(=O)C(C)(C)C)C(=O)/C2=C(\OC(=O)c1ccccc1)c1ccccc1. The molecular weight excluding hydrogens is 524 g/mol. The van der Waals surface area contributed by atoms with Crippen molar-refractivity contribution in [2.45, 2.75) is 47.1 Å². The molecule has 9 nitrogen and oxygen atoms in total. The van der Waals surface area contributed by atoms with E-state index in [0.29, 0.717) is 22.4 Å². The molecule has 41 heavy (non-hydrogen) atoms. The minimum absolute atomic E-state index is 0.00661. The van der Waals surface area contributed by atoms with E-state index in [-0.39, 0.29) is 17.0 Å². The number of nitrogens with one attached hydrogen (secondary N) is 1. The predicted octanol–water partition coefficient (Wildman–Crippen LogP) is 6.61. The molecule has 3 aromatic rings. The van der Waals surface area contributed by atoms with Crippen LogP contribution < -0.4 is 10.4 Å². The standard InChI is InChI=1S/C32H32N2O7/c1-31(2,3)29(37)41-34-24-19-22(33-30(38)40-32(4,5)6)17-18-23(24)25(27(34)35)26(20-13-9-7-10-14-20)39-28(36)21-15-11-8-12-16-21/h7-19H,1-6H3,(H,33,38)/b26-25-. The van der Waals surface area contributed by atoms with Gasteiger partial charge in [-0.3, -0.25) is 10.1 Å². The van der Waals surface area contributed by atoms with Crippen molar-refractivity contribution in [1.82, 2.24) is 0 Å². The average molecular weight is 557 g/mol. The largest absolute Gasteiger partial charge is 0.444 e. The first-order chi connectivity index (χ1) is 19.2. The zero-order valence-corrected chi connectivity index (χ0v) is 23.8. The van der Waals surface area contributed by atoms with Gasteiger partial charge in [-0.05, 0) is 71.9 Å².